The highest BCUT2D eigenvalue weighted by molar-refractivity contribution is 7.18. The second kappa shape index (κ2) is 8.27. The molecule has 2 aromatic heterocycles. The first-order valence-corrected chi connectivity index (χ1v) is 10.5. The van der Waals surface area contributed by atoms with Crippen molar-refractivity contribution in [3.63, 3.8) is 0 Å². The SMILES string of the molecule is N#Cc1ccc(CCn2c(O)c3c(c2O)C(NC(=O)c2ccc(Cl)s2)C=CC3)cc1. The maximum Gasteiger partial charge on any atom is 0.262 e. The van der Waals surface area contributed by atoms with Crippen LogP contribution in [-0.2, 0) is 19.4 Å². The zero-order valence-corrected chi connectivity index (χ0v) is 17.4. The zero-order chi connectivity index (χ0) is 21.3. The number of nitrogens with one attached hydrogen (secondary N) is 1. The third kappa shape index (κ3) is 3.80. The standard InChI is InChI=1S/C22H18ClN3O3S/c23-18-9-8-17(30-18)20(27)25-16-3-1-2-15-19(16)22(29)26(21(15)28)11-10-13-4-6-14(12-24)7-5-13/h1,3-9,16,28-29H,2,10-11H2,(H,25,27). The Morgan fingerprint density at radius 1 is 1.23 bits per heavy atom. The van der Waals surface area contributed by atoms with Crippen molar-refractivity contribution in [3.05, 3.63) is 80.0 Å². The molecule has 0 saturated carbocycles. The van der Waals surface area contributed by atoms with Crippen LogP contribution >= 0.6 is 22.9 Å². The van der Waals surface area contributed by atoms with Crippen molar-refractivity contribution >= 4 is 28.8 Å². The number of rotatable bonds is 5. The second-order valence-electron chi connectivity index (χ2n) is 6.94. The summed E-state index contributed by atoms with van der Waals surface area (Å²) in [7, 11) is 0. The number of amides is 1. The van der Waals surface area contributed by atoms with Crippen LogP contribution in [0.3, 0.4) is 0 Å². The van der Waals surface area contributed by atoms with Crippen molar-refractivity contribution in [2.75, 3.05) is 0 Å². The zero-order valence-electron chi connectivity index (χ0n) is 15.8. The van der Waals surface area contributed by atoms with Crippen LogP contribution in [0.25, 0.3) is 0 Å². The van der Waals surface area contributed by atoms with Gasteiger partial charge in [0.1, 0.15) is 0 Å². The molecule has 0 aliphatic heterocycles. The van der Waals surface area contributed by atoms with E-state index in [1.165, 1.54) is 15.9 Å². The van der Waals surface area contributed by atoms with E-state index in [1.54, 1.807) is 30.3 Å². The van der Waals surface area contributed by atoms with Crippen molar-refractivity contribution in [3.8, 4) is 17.8 Å². The van der Waals surface area contributed by atoms with E-state index in [4.69, 9.17) is 16.9 Å². The van der Waals surface area contributed by atoms with Gasteiger partial charge in [-0.25, -0.2) is 0 Å². The quantitative estimate of drug-likeness (QED) is 0.516. The summed E-state index contributed by atoms with van der Waals surface area (Å²) in [5, 5.41) is 33.3. The van der Waals surface area contributed by atoms with Crippen LogP contribution in [0.4, 0.5) is 0 Å². The summed E-state index contributed by atoms with van der Waals surface area (Å²) in [5.74, 6) is -0.354. The number of halogens is 1. The number of nitrogens with zero attached hydrogens (tertiary/aromatic N) is 2. The number of benzene rings is 1. The van der Waals surface area contributed by atoms with Crippen molar-refractivity contribution in [1.82, 2.24) is 9.88 Å². The molecule has 1 amide bonds. The molecule has 0 bridgehead atoms. The lowest BCUT2D eigenvalue weighted by atomic mass is 9.96. The van der Waals surface area contributed by atoms with Crippen LogP contribution < -0.4 is 5.32 Å². The second-order valence-corrected chi connectivity index (χ2v) is 8.65. The van der Waals surface area contributed by atoms with Crippen LogP contribution in [0.2, 0.25) is 4.34 Å². The van der Waals surface area contributed by atoms with E-state index in [1.807, 2.05) is 18.2 Å². The number of aromatic hydroxyl groups is 2. The fourth-order valence-corrected chi connectivity index (χ4v) is 4.52. The normalized spacial score (nSPS) is 14.9. The highest BCUT2D eigenvalue weighted by Crippen LogP contribution is 2.41. The Morgan fingerprint density at radius 3 is 2.67 bits per heavy atom. The lowest BCUT2D eigenvalue weighted by Gasteiger charge is -2.19. The molecule has 0 saturated heterocycles. The molecule has 6 nitrogen and oxygen atoms in total. The number of carbonyl (C=O) groups excluding carboxylic acids is 1. The fraction of sp³-hybridized carbons (Fsp3) is 0.182. The van der Waals surface area contributed by atoms with Crippen LogP contribution in [0.1, 0.15) is 38.0 Å². The van der Waals surface area contributed by atoms with Gasteiger partial charge in [0.2, 0.25) is 0 Å². The number of hydrogen-bond donors (Lipinski definition) is 3. The number of aryl methyl sites for hydroxylation is 1. The molecule has 4 rings (SSSR count). The molecule has 0 fully saturated rings. The predicted molar refractivity (Wildman–Crippen MR) is 115 cm³/mol. The maximum atomic E-state index is 12.5. The van der Waals surface area contributed by atoms with E-state index in [-0.39, 0.29) is 17.7 Å². The number of hydrogen-bond acceptors (Lipinski definition) is 5. The summed E-state index contributed by atoms with van der Waals surface area (Å²) in [6, 6.07) is 12.0. The van der Waals surface area contributed by atoms with Crippen LogP contribution in [0.5, 0.6) is 11.8 Å². The van der Waals surface area contributed by atoms with Gasteiger partial charge in [-0.15, -0.1) is 11.3 Å². The summed E-state index contributed by atoms with van der Waals surface area (Å²) in [6.07, 6.45) is 4.70. The number of thiophene rings is 1. The van der Waals surface area contributed by atoms with Crippen molar-refractivity contribution in [2.45, 2.75) is 25.4 Å². The molecule has 0 spiro atoms. The van der Waals surface area contributed by atoms with E-state index < -0.39 is 6.04 Å². The molecule has 1 aromatic carbocycles. The van der Waals surface area contributed by atoms with Gasteiger partial charge in [0.25, 0.3) is 5.91 Å². The third-order valence-corrected chi connectivity index (χ3v) is 6.33. The third-order valence-electron chi connectivity index (χ3n) is 5.10. The molecule has 152 valence electrons. The van der Waals surface area contributed by atoms with E-state index in [2.05, 4.69) is 11.4 Å². The molecule has 3 N–H and O–H groups in total. The molecule has 2 heterocycles. The summed E-state index contributed by atoms with van der Waals surface area (Å²) in [5.41, 5.74) is 2.67. The molecular formula is C22H18ClN3O3S. The van der Waals surface area contributed by atoms with Gasteiger partial charge < -0.3 is 15.5 Å². The lowest BCUT2D eigenvalue weighted by molar-refractivity contribution is 0.0947. The fourth-order valence-electron chi connectivity index (χ4n) is 3.58. The molecule has 3 aromatic rings. The Hall–Kier alpha value is -3.21. The Morgan fingerprint density at radius 2 is 2.00 bits per heavy atom. The summed E-state index contributed by atoms with van der Waals surface area (Å²) in [6.45, 7) is 0.359. The van der Waals surface area contributed by atoms with E-state index in [0.29, 0.717) is 45.3 Å². The van der Waals surface area contributed by atoms with E-state index in [9.17, 15) is 15.0 Å². The number of nitriles is 1. The largest absolute Gasteiger partial charge is 0.494 e. The van der Waals surface area contributed by atoms with Gasteiger partial charge in [-0.05, 0) is 42.7 Å². The topological polar surface area (TPSA) is 98.3 Å². The van der Waals surface area contributed by atoms with Crippen LogP contribution in [-0.4, -0.2) is 20.7 Å². The molecular weight excluding hydrogens is 422 g/mol. The molecule has 30 heavy (non-hydrogen) atoms. The first kappa shape index (κ1) is 20.1. The minimum absolute atomic E-state index is 0.00101. The summed E-state index contributed by atoms with van der Waals surface area (Å²) >= 11 is 7.09. The Bertz CT molecular complexity index is 1170. The van der Waals surface area contributed by atoms with Crippen molar-refractivity contribution in [2.24, 2.45) is 0 Å². The Balaban J connectivity index is 1.55. The van der Waals surface area contributed by atoms with Gasteiger partial charge in [-0.1, -0.05) is 35.9 Å². The highest BCUT2D eigenvalue weighted by Gasteiger charge is 2.30. The van der Waals surface area contributed by atoms with Crippen LogP contribution in [0.15, 0.2) is 48.6 Å². The predicted octanol–water partition coefficient (Wildman–Crippen LogP) is 4.31. The van der Waals surface area contributed by atoms with Gasteiger partial charge in [-0.3, -0.25) is 9.36 Å². The van der Waals surface area contributed by atoms with Gasteiger partial charge in [-0.2, -0.15) is 5.26 Å². The summed E-state index contributed by atoms with van der Waals surface area (Å²) in [4.78, 5) is 13.0. The molecule has 1 atom stereocenters. The van der Waals surface area contributed by atoms with Gasteiger partial charge in [0.05, 0.1) is 26.9 Å². The van der Waals surface area contributed by atoms with Gasteiger partial charge >= 0.3 is 0 Å². The van der Waals surface area contributed by atoms with Gasteiger partial charge in [0.15, 0.2) is 11.8 Å². The minimum Gasteiger partial charge on any atom is -0.494 e. The molecule has 1 aliphatic rings. The number of aromatic nitrogens is 1. The number of allylic oxidation sites excluding steroid dienone is 1. The number of carbonyl (C=O) groups is 1. The first-order valence-electron chi connectivity index (χ1n) is 9.33. The van der Waals surface area contributed by atoms with Gasteiger partial charge in [0, 0.05) is 17.7 Å². The molecule has 1 unspecified atom stereocenters. The Kier molecular flexibility index (Phi) is 5.53. The van der Waals surface area contributed by atoms with E-state index >= 15 is 0 Å². The molecule has 8 heteroatoms. The maximum absolute atomic E-state index is 12.5. The van der Waals surface area contributed by atoms with E-state index in [0.717, 1.165) is 5.56 Å². The lowest BCUT2D eigenvalue weighted by Crippen LogP contribution is -2.28. The van der Waals surface area contributed by atoms with Crippen molar-refractivity contribution in [1.29, 1.82) is 5.26 Å². The highest BCUT2D eigenvalue weighted by atomic mass is 35.5. The minimum atomic E-state index is -0.552. The molecule has 1 aliphatic carbocycles. The smallest absolute Gasteiger partial charge is 0.262 e. The van der Waals surface area contributed by atoms with Crippen LogP contribution in [0, 0.1) is 11.3 Å². The average molecular weight is 440 g/mol. The monoisotopic (exact) mass is 439 g/mol. The average Bonchev–Trinajstić information content (AvgIpc) is 3.29. The number of fused-ring (bicyclic) bond motifs is 1. The van der Waals surface area contributed by atoms with Crippen molar-refractivity contribution < 1.29 is 15.0 Å². The summed E-state index contributed by atoms with van der Waals surface area (Å²) < 4.78 is 1.98. The molecule has 0 radical (unpaired) electrons. The first-order chi connectivity index (χ1) is 14.5. The Labute approximate surface area is 182 Å².